The Morgan fingerprint density at radius 2 is 1.88 bits per heavy atom. The number of amides is 1. The molecule has 1 aromatic carbocycles. The maximum absolute atomic E-state index is 12.4. The molecule has 1 aliphatic rings. The summed E-state index contributed by atoms with van der Waals surface area (Å²) in [6, 6.07) is 11.5. The van der Waals surface area contributed by atoms with Crippen LogP contribution in [0, 0.1) is 5.92 Å². The number of anilines is 1. The lowest BCUT2D eigenvalue weighted by atomic mass is 10.0. The molecule has 0 spiro atoms. The van der Waals surface area contributed by atoms with Gasteiger partial charge in [0.1, 0.15) is 0 Å². The van der Waals surface area contributed by atoms with Crippen molar-refractivity contribution in [2.75, 3.05) is 18.5 Å². The van der Waals surface area contributed by atoms with Gasteiger partial charge in [-0.05, 0) is 55.2 Å². The number of rotatable bonds is 5. The standard InChI is InChI=1S/C20H22N4O2/c25-20(17-3-5-19(6-4-17)23-9-1-2-10-23)22-18-13-21-24(15-18)14-16-7-11-26-12-8-16/h1-6,9-10,13,15-16H,7-8,11-12,14H2,(H,22,25). The third-order valence-electron chi connectivity index (χ3n) is 4.71. The SMILES string of the molecule is O=C(Nc1cnn(CC2CCOCC2)c1)c1ccc(-n2cccc2)cc1. The number of nitrogens with zero attached hydrogens (tertiary/aromatic N) is 3. The first-order chi connectivity index (χ1) is 12.8. The fraction of sp³-hybridized carbons (Fsp3) is 0.300. The van der Waals surface area contributed by atoms with Crippen LogP contribution in [0.15, 0.2) is 61.2 Å². The molecule has 1 N–H and O–H groups in total. The minimum atomic E-state index is -0.130. The van der Waals surface area contributed by atoms with Crippen LogP contribution in [0.4, 0.5) is 5.69 Å². The molecule has 26 heavy (non-hydrogen) atoms. The first-order valence-electron chi connectivity index (χ1n) is 8.93. The lowest BCUT2D eigenvalue weighted by Crippen LogP contribution is -2.20. The van der Waals surface area contributed by atoms with Gasteiger partial charge in [0.15, 0.2) is 0 Å². The third kappa shape index (κ3) is 3.86. The smallest absolute Gasteiger partial charge is 0.255 e. The summed E-state index contributed by atoms with van der Waals surface area (Å²) < 4.78 is 9.29. The van der Waals surface area contributed by atoms with E-state index in [-0.39, 0.29) is 5.91 Å². The van der Waals surface area contributed by atoms with Crippen LogP contribution in [0.25, 0.3) is 5.69 Å². The highest BCUT2D eigenvalue weighted by atomic mass is 16.5. The summed E-state index contributed by atoms with van der Waals surface area (Å²) >= 11 is 0. The molecule has 2 aromatic heterocycles. The number of carbonyl (C=O) groups excluding carboxylic acids is 1. The van der Waals surface area contributed by atoms with E-state index in [9.17, 15) is 4.79 Å². The van der Waals surface area contributed by atoms with Gasteiger partial charge in [-0.25, -0.2) is 0 Å². The normalized spacial score (nSPS) is 15.1. The van der Waals surface area contributed by atoms with Gasteiger partial charge in [0.25, 0.3) is 5.91 Å². The van der Waals surface area contributed by atoms with Crippen LogP contribution in [0.5, 0.6) is 0 Å². The highest BCUT2D eigenvalue weighted by molar-refractivity contribution is 6.04. The molecule has 0 aliphatic carbocycles. The zero-order valence-electron chi connectivity index (χ0n) is 14.5. The number of ether oxygens (including phenoxy) is 1. The molecule has 134 valence electrons. The maximum atomic E-state index is 12.4. The minimum Gasteiger partial charge on any atom is -0.381 e. The quantitative estimate of drug-likeness (QED) is 0.768. The van der Waals surface area contributed by atoms with Gasteiger partial charge in [0, 0.05) is 49.6 Å². The minimum absolute atomic E-state index is 0.130. The third-order valence-corrected chi connectivity index (χ3v) is 4.71. The van der Waals surface area contributed by atoms with E-state index in [0.29, 0.717) is 11.5 Å². The van der Waals surface area contributed by atoms with Gasteiger partial charge >= 0.3 is 0 Å². The predicted molar refractivity (Wildman–Crippen MR) is 99.5 cm³/mol. The van der Waals surface area contributed by atoms with Gasteiger partial charge in [0.05, 0.1) is 11.9 Å². The van der Waals surface area contributed by atoms with Gasteiger partial charge < -0.3 is 14.6 Å². The second-order valence-corrected chi connectivity index (χ2v) is 6.60. The van der Waals surface area contributed by atoms with Crippen molar-refractivity contribution in [1.82, 2.24) is 14.3 Å². The second-order valence-electron chi connectivity index (χ2n) is 6.60. The largest absolute Gasteiger partial charge is 0.381 e. The molecular formula is C20H22N4O2. The van der Waals surface area contributed by atoms with Crippen LogP contribution < -0.4 is 5.32 Å². The summed E-state index contributed by atoms with van der Waals surface area (Å²) in [6.45, 7) is 2.52. The molecule has 1 aliphatic heterocycles. The van der Waals surface area contributed by atoms with Crippen LogP contribution >= 0.6 is 0 Å². The maximum Gasteiger partial charge on any atom is 0.255 e. The number of nitrogens with one attached hydrogen (secondary N) is 1. The predicted octanol–water partition coefficient (Wildman–Crippen LogP) is 3.35. The average molecular weight is 350 g/mol. The van der Waals surface area contributed by atoms with Crippen molar-refractivity contribution in [3.05, 3.63) is 66.7 Å². The summed E-state index contributed by atoms with van der Waals surface area (Å²) in [4.78, 5) is 12.4. The molecule has 0 atom stereocenters. The molecular weight excluding hydrogens is 328 g/mol. The van der Waals surface area contributed by atoms with Gasteiger partial charge in [0.2, 0.25) is 0 Å². The molecule has 4 rings (SSSR count). The zero-order valence-corrected chi connectivity index (χ0v) is 14.5. The lowest BCUT2D eigenvalue weighted by Gasteiger charge is -2.21. The summed E-state index contributed by atoms with van der Waals surface area (Å²) in [5.41, 5.74) is 2.37. The van der Waals surface area contributed by atoms with Crippen molar-refractivity contribution in [3.8, 4) is 5.69 Å². The van der Waals surface area contributed by atoms with Crippen molar-refractivity contribution in [1.29, 1.82) is 0 Å². The Bertz CT molecular complexity index is 846. The number of aromatic nitrogens is 3. The number of hydrogen-bond donors (Lipinski definition) is 1. The van der Waals surface area contributed by atoms with Crippen molar-refractivity contribution >= 4 is 11.6 Å². The fourth-order valence-electron chi connectivity index (χ4n) is 3.22. The van der Waals surface area contributed by atoms with E-state index in [1.165, 1.54) is 0 Å². The fourth-order valence-corrected chi connectivity index (χ4v) is 3.22. The summed E-state index contributed by atoms with van der Waals surface area (Å²) in [7, 11) is 0. The molecule has 3 aromatic rings. The molecule has 6 nitrogen and oxygen atoms in total. The summed E-state index contributed by atoms with van der Waals surface area (Å²) in [5, 5.41) is 7.28. The van der Waals surface area contributed by atoms with E-state index in [0.717, 1.165) is 44.0 Å². The van der Waals surface area contributed by atoms with Gasteiger partial charge in [-0.1, -0.05) is 0 Å². The highest BCUT2D eigenvalue weighted by Crippen LogP contribution is 2.18. The molecule has 0 saturated carbocycles. The number of hydrogen-bond acceptors (Lipinski definition) is 3. The van der Waals surface area contributed by atoms with Crippen LogP contribution in [0.3, 0.4) is 0 Å². The molecule has 1 fully saturated rings. The highest BCUT2D eigenvalue weighted by Gasteiger charge is 2.15. The second kappa shape index (κ2) is 7.58. The Morgan fingerprint density at radius 3 is 2.62 bits per heavy atom. The topological polar surface area (TPSA) is 61.1 Å². The Balaban J connectivity index is 1.37. The first kappa shape index (κ1) is 16.6. The lowest BCUT2D eigenvalue weighted by molar-refractivity contribution is 0.0601. The molecule has 3 heterocycles. The van der Waals surface area contributed by atoms with E-state index < -0.39 is 0 Å². The summed E-state index contributed by atoms with van der Waals surface area (Å²) in [6.07, 6.45) is 9.67. The van der Waals surface area contributed by atoms with Crippen molar-refractivity contribution in [3.63, 3.8) is 0 Å². The molecule has 0 bridgehead atoms. The van der Waals surface area contributed by atoms with Gasteiger partial charge in [-0.15, -0.1) is 0 Å². The van der Waals surface area contributed by atoms with E-state index in [1.807, 2.05) is 64.2 Å². The van der Waals surface area contributed by atoms with Crippen LogP contribution in [-0.2, 0) is 11.3 Å². The van der Waals surface area contributed by atoms with Crippen molar-refractivity contribution in [2.24, 2.45) is 5.92 Å². The van der Waals surface area contributed by atoms with Crippen molar-refractivity contribution in [2.45, 2.75) is 19.4 Å². The van der Waals surface area contributed by atoms with E-state index in [2.05, 4.69) is 10.4 Å². The number of benzene rings is 1. The van der Waals surface area contributed by atoms with E-state index in [1.54, 1.807) is 6.20 Å². The van der Waals surface area contributed by atoms with Gasteiger partial charge in [-0.3, -0.25) is 9.48 Å². The van der Waals surface area contributed by atoms with Crippen LogP contribution in [0.1, 0.15) is 23.2 Å². The number of carbonyl (C=O) groups is 1. The van der Waals surface area contributed by atoms with Gasteiger partial charge in [-0.2, -0.15) is 5.10 Å². The van der Waals surface area contributed by atoms with E-state index in [4.69, 9.17) is 4.74 Å². The van der Waals surface area contributed by atoms with Crippen LogP contribution in [0.2, 0.25) is 0 Å². The molecule has 1 amide bonds. The Labute approximate surface area is 152 Å². The average Bonchev–Trinajstić information content (AvgIpc) is 3.35. The zero-order chi connectivity index (χ0) is 17.8. The van der Waals surface area contributed by atoms with E-state index >= 15 is 0 Å². The Kier molecular flexibility index (Phi) is 4.84. The molecule has 6 heteroatoms. The first-order valence-corrected chi connectivity index (χ1v) is 8.93. The molecule has 1 saturated heterocycles. The Hall–Kier alpha value is -2.86. The molecule has 0 radical (unpaired) electrons. The van der Waals surface area contributed by atoms with Crippen LogP contribution in [-0.4, -0.2) is 33.5 Å². The molecule has 0 unspecified atom stereocenters. The van der Waals surface area contributed by atoms with Crippen molar-refractivity contribution < 1.29 is 9.53 Å². The Morgan fingerprint density at radius 1 is 1.15 bits per heavy atom. The monoisotopic (exact) mass is 350 g/mol. The summed E-state index contributed by atoms with van der Waals surface area (Å²) in [5.74, 6) is 0.461.